The minimum atomic E-state index is -0.762. The fraction of sp³-hybridized carbons (Fsp3) is 0.250. The molecule has 17 heavy (non-hydrogen) atoms. The number of hydrogen-bond donors (Lipinski definition) is 2. The second-order valence-electron chi connectivity index (χ2n) is 3.67. The second kappa shape index (κ2) is 6.42. The molecular weight excluding hydrogens is 218 g/mol. The van der Waals surface area contributed by atoms with Gasteiger partial charge in [0.25, 0.3) is 0 Å². The Hall–Kier alpha value is -2.17. The molecule has 0 radical (unpaired) electrons. The van der Waals surface area contributed by atoms with E-state index in [4.69, 9.17) is 0 Å². The van der Waals surface area contributed by atoms with E-state index in [-0.39, 0.29) is 0 Å². The van der Waals surface area contributed by atoms with Crippen molar-refractivity contribution in [2.24, 2.45) is 5.10 Å². The molecule has 0 aromatic heterocycles. The molecule has 0 atom stereocenters. The lowest BCUT2D eigenvalue weighted by atomic mass is 10.2. The molecule has 0 saturated heterocycles. The van der Waals surface area contributed by atoms with Gasteiger partial charge in [-0.05, 0) is 19.4 Å². The topological polar surface area (TPSA) is 70.6 Å². The summed E-state index contributed by atoms with van der Waals surface area (Å²) in [6.07, 6.45) is 0. The summed E-state index contributed by atoms with van der Waals surface area (Å²) < 4.78 is 0. The summed E-state index contributed by atoms with van der Waals surface area (Å²) >= 11 is 0. The fourth-order valence-electron chi connectivity index (χ4n) is 1.07. The van der Waals surface area contributed by atoms with Crippen LogP contribution in [-0.4, -0.2) is 17.5 Å². The van der Waals surface area contributed by atoms with Crippen molar-refractivity contribution < 1.29 is 9.59 Å². The van der Waals surface area contributed by atoms with E-state index in [1.54, 1.807) is 13.8 Å². The van der Waals surface area contributed by atoms with Crippen molar-refractivity contribution in [2.45, 2.75) is 20.4 Å². The van der Waals surface area contributed by atoms with E-state index in [0.29, 0.717) is 12.3 Å². The molecule has 2 N–H and O–H groups in total. The first-order chi connectivity index (χ1) is 8.09. The van der Waals surface area contributed by atoms with Crippen molar-refractivity contribution in [2.75, 3.05) is 0 Å². The van der Waals surface area contributed by atoms with Gasteiger partial charge in [-0.2, -0.15) is 5.10 Å². The number of hydrazone groups is 1. The van der Waals surface area contributed by atoms with Gasteiger partial charge in [0.15, 0.2) is 0 Å². The number of benzene rings is 1. The van der Waals surface area contributed by atoms with Gasteiger partial charge >= 0.3 is 11.8 Å². The highest BCUT2D eigenvalue weighted by Crippen LogP contribution is 1.96. The molecule has 1 rings (SSSR count). The maximum absolute atomic E-state index is 11.3. The number of carbonyl (C=O) groups excluding carboxylic acids is 2. The number of amides is 2. The van der Waals surface area contributed by atoms with Crippen molar-refractivity contribution >= 4 is 17.5 Å². The Morgan fingerprint density at radius 2 is 1.76 bits per heavy atom. The zero-order valence-electron chi connectivity index (χ0n) is 9.86. The number of nitrogens with one attached hydrogen (secondary N) is 2. The molecule has 0 saturated carbocycles. The molecule has 0 aliphatic rings. The SMILES string of the molecule is CC(C)=NNC(=O)C(=O)NCc1ccccc1. The summed E-state index contributed by atoms with van der Waals surface area (Å²) in [5, 5.41) is 6.16. The van der Waals surface area contributed by atoms with E-state index in [1.165, 1.54) is 0 Å². The van der Waals surface area contributed by atoms with E-state index in [0.717, 1.165) is 5.56 Å². The average molecular weight is 233 g/mol. The summed E-state index contributed by atoms with van der Waals surface area (Å²) in [5.74, 6) is -1.46. The highest BCUT2D eigenvalue weighted by Gasteiger charge is 2.11. The van der Waals surface area contributed by atoms with Crippen LogP contribution in [0.25, 0.3) is 0 Å². The lowest BCUT2D eigenvalue weighted by Crippen LogP contribution is -2.37. The lowest BCUT2D eigenvalue weighted by Gasteiger charge is -2.03. The maximum Gasteiger partial charge on any atom is 0.329 e. The number of hydrogen-bond acceptors (Lipinski definition) is 3. The zero-order valence-corrected chi connectivity index (χ0v) is 9.86. The van der Waals surface area contributed by atoms with Crippen LogP contribution in [0.3, 0.4) is 0 Å². The standard InChI is InChI=1S/C12H15N3O2/c1-9(2)14-15-12(17)11(16)13-8-10-6-4-3-5-7-10/h3-7H,8H2,1-2H3,(H,13,16)(H,15,17). The molecule has 0 aliphatic heterocycles. The van der Waals surface area contributed by atoms with Crippen LogP contribution in [0.5, 0.6) is 0 Å². The molecule has 1 aromatic rings. The van der Waals surface area contributed by atoms with Crippen molar-refractivity contribution in [3.05, 3.63) is 35.9 Å². The number of carbonyl (C=O) groups is 2. The minimum absolute atomic E-state index is 0.321. The predicted octanol–water partition coefficient (Wildman–Crippen LogP) is 0.815. The van der Waals surface area contributed by atoms with Gasteiger partial charge in [-0.1, -0.05) is 30.3 Å². The Morgan fingerprint density at radius 3 is 2.35 bits per heavy atom. The van der Waals surface area contributed by atoms with Crippen molar-refractivity contribution in [3.8, 4) is 0 Å². The molecule has 0 heterocycles. The third-order valence-corrected chi connectivity index (χ3v) is 1.88. The van der Waals surface area contributed by atoms with Gasteiger partial charge in [0.2, 0.25) is 0 Å². The first kappa shape index (κ1) is 12.9. The fourth-order valence-corrected chi connectivity index (χ4v) is 1.07. The van der Waals surface area contributed by atoms with Gasteiger partial charge in [-0.25, -0.2) is 5.43 Å². The van der Waals surface area contributed by atoms with Crippen LogP contribution < -0.4 is 10.7 Å². The van der Waals surface area contributed by atoms with Gasteiger partial charge in [-0.3, -0.25) is 9.59 Å². The molecule has 0 aliphatic carbocycles. The van der Waals surface area contributed by atoms with Crippen LogP contribution in [-0.2, 0) is 16.1 Å². The third kappa shape index (κ3) is 4.92. The summed E-state index contributed by atoms with van der Waals surface area (Å²) in [4.78, 5) is 22.6. The van der Waals surface area contributed by atoms with Crippen LogP contribution in [0.1, 0.15) is 19.4 Å². The second-order valence-corrected chi connectivity index (χ2v) is 3.67. The number of nitrogens with zero attached hydrogens (tertiary/aromatic N) is 1. The minimum Gasteiger partial charge on any atom is -0.344 e. The molecule has 0 fully saturated rings. The monoisotopic (exact) mass is 233 g/mol. The Bertz CT molecular complexity index is 423. The molecular formula is C12H15N3O2. The molecule has 5 heteroatoms. The van der Waals surface area contributed by atoms with Gasteiger partial charge in [0.1, 0.15) is 0 Å². The molecule has 2 amide bonds. The molecule has 5 nitrogen and oxygen atoms in total. The van der Waals surface area contributed by atoms with Crippen molar-refractivity contribution in [1.29, 1.82) is 0 Å². The average Bonchev–Trinajstić information content (AvgIpc) is 2.34. The number of rotatable bonds is 3. The maximum atomic E-state index is 11.3. The first-order valence-electron chi connectivity index (χ1n) is 5.22. The van der Waals surface area contributed by atoms with E-state index >= 15 is 0 Å². The Labute approximate surface area is 99.9 Å². The van der Waals surface area contributed by atoms with Gasteiger partial charge < -0.3 is 5.32 Å². The summed E-state index contributed by atoms with van der Waals surface area (Å²) in [6.45, 7) is 3.77. The molecule has 90 valence electrons. The molecule has 0 unspecified atom stereocenters. The highest BCUT2D eigenvalue weighted by molar-refractivity contribution is 6.35. The van der Waals surface area contributed by atoms with Gasteiger partial charge in [0.05, 0.1) is 0 Å². The summed E-state index contributed by atoms with van der Waals surface area (Å²) in [6, 6.07) is 9.36. The van der Waals surface area contributed by atoms with E-state index in [1.807, 2.05) is 30.3 Å². The zero-order chi connectivity index (χ0) is 12.7. The Kier molecular flexibility index (Phi) is 4.87. The van der Waals surface area contributed by atoms with Crippen LogP contribution in [0, 0.1) is 0 Å². The van der Waals surface area contributed by atoms with Crippen LogP contribution in [0.4, 0.5) is 0 Å². The van der Waals surface area contributed by atoms with Gasteiger partial charge in [0, 0.05) is 12.3 Å². The Morgan fingerprint density at radius 1 is 1.12 bits per heavy atom. The summed E-state index contributed by atoms with van der Waals surface area (Å²) in [7, 11) is 0. The van der Waals surface area contributed by atoms with E-state index < -0.39 is 11.8 Å². The highest BCUT2D eigenvalue weighted by atomic mass is 16.2. The van der Waals surface area contributed by atoms with Crippen molar-refractivity contribution in [3.63, 3.8) is 0 Å². The molecule has 0 spiro atoms. The van der Waals surface area contributed by atoms with Crippen LogP contribution >= 0.6 is 0 Å². The molecule has 0 bridgehead atoms. The van der Waals surface area contributed by atoms with E-state index in [9.17, 15) is 9.59 Å². The lowest BCUT2D eigenvalue weighted by molar-refractivity contribution is -0.139. The van der Waals surface area contributed by atoms with Crippen LogP contribution in [0.15, 0.2) is 35.4 Å². The normalized spacial score (nSPS) is 9.29. The predicted molar refractivity (Wildman–Crippen MR) is 65.2 cm³/mol. The first-order valence-corrected chi connectivity index (χ1v) is 5.22. The molecule has 1 aromatic carbocycles. The largest absolute Gasteiger partial charge is 0.344 e. The smallest absolute Gasteiger partial charge is 0.329 e. The third-order valence-electron chi connectivity index (χ3n) is 1.88. The Balaban J connectivity index is 2.40. The quantitative estimate of drug-likeness (QED) is 0.461. The van der Waals surface area contributed by atoms with E-state index in [2.05, 4.69) is 15.8 Å². The summed E-state index contributed by atoms with van der Waals surface area (Å²) in [5.41, 5.74) is 3.76. The van der Waals surface area contributed by atoms with Gasteiger partial charge in [-0.15, -0.1) is 0 Å². The van der Waals surface area contributed by atoms with Crippen molar-refractivity contribution in [1.82, 2.24) is 10.7 Å². The van der Waals surface area contributed by atoms with Crippen LogP contribution in [0.2, 0.25) is 0 Å².